The highest BCUT2D eigenvalue weighted by atomic mass is 16.6. The topological polar surface area (TPSA) is 56.8 Å². The Morgan fingerprint density at radius 3 is 2.68 bits per heavy atom. The third kappa shape index (κ3) is 2.24. The van der Waals surface area contributed by atoms with Gasteiger partial charge in [0.15, 0.2) is 11.5 Å². The summed E-state index contributed by atoms with van der Waals surface area (Å²) in [7, 11) is 0. The molecular formula is C17H21NO4. The van der Waals surface area contributed by atoms with Crippen LogP contribution in [0.5, 0.6) is 11.5 Å². The number of para-hydroxylation sites is 1. The van der Waals surface area contributed by atoms with Gasteiger partial charge in [-0.1, -0.05) is 6.07 Å². The standard InChI is InChI=1S/C17H21NO4/c19-16(12-2-1-3-13-15(12)22-11-10-21-13)18-14-4-5-17(14)6-8-20-9-7-17/h1-3,14H,4-11H2,(H,18,19). The first-order chi connectivity index (χ1) is 10.8. The summed E-state index contributed by atoms with van der Waals surface area (Å²) >= 11 is 0. The average molecular weight is 303 g/mol. The van der Waals surface area contributed by atoms with Gasteiger partial charge in [0, 0.05) is 19.3 Å². The molecule has 5 nitrogen and oxygen atoms in total. The van der Waals surface area contributed by atoms with Crippen molar-refractivity contribution < 1.29 is 19.0 Å². The van der Waals surface area contributed by atoms with Gasteiger partial charge in [-0.25, -0.2) is 0 Å². The molecule has 0 aromatic heterocycles. The van der Waals surface area contributed by atoms with Gasteiger partial charge in [0.1, 0.15) is 13.2 Å². The molecule has 2 heterocycles. The highest BCUT2D eigenvalue weighted by Crippen LogP contribution is 2.49. The lowest BCUT2D eigenvalue weighted by Crippen LogP contribution is -2.57. The van der Waals surface area contributed by atoms with Crippen LogP contribution < -0.4 is 14.8 Å². The first kappa shape index (κ1) is 13.9. The second-order valence-electron chi connectivity index (χ2n) is 6.37. The zero-order valence-corrected chi connectivity index (χ0v) is 12.6. The maximum Gasteiger partial charge on any atom is 0.255 e. The Balaban J connectivity index is 1.51. The number of hydrogen-bond donors (Lipinski definition) is 1. The van der Waals surface area contributed by atoms with Gasteiger partial charge >= 0.3 is 0 Å². The second-order valence-corrected chi connectivity index (χ2v) is 6.37. The fourth-order valence-electron chi connectivity index (χ4n) is 3.79. The quantitative estimate of drug-likeness (QED) is 0.909. The maximum atomic E-state index is 12.7. The molecule has 5 heteroatoms. The monoisotopic (exact) mass is 303 g/mol. The molecule has 4 rings (SSSR count). The number of benzene rings is 1. The molecule has 22 heavy (non-hydrogen) atoms. The molecule has 1 spiro atoms. The van der Waals surface area contributed by atoms with E-state index in [-0.39, 0.29) is 17.4 Å². The predicted molar refractivity (Wildman–Crippen MR) is 80.4 cm³/mol. The Kier molecular flexibility index (Phi) is 3.45. The van der Waals surface area contributed by atoms with Crippen molar-refractivity contribution in [3.63, 3.8) is 0 Å². The largest absolute Gasteiger partial charge is 0.486 e. The second kappa shape index (κ2) is 5.47. The van der Waals surface area contributed by atoms with Gasteiger partial charge < -0.3 is 19.5 Å². The van der Waals surface area contributed by atoms with E-state index in [9.17, 15) is 4.79 Å². The van der Waals surface area contributed by atoms with Crippen LogP contribution in [0, 0.1) is 5.41 Å². The fourth-order valence-corrected chi connectivity index (χ4v) is 3.79. The minimum atomic E-state index is -0.0575. The number of fused-ring (bicyclic) bond motifs is 1. The highest BCUT2D eigenvalue weighted by molar-refractivity contribution is 5.98. The molecule has 1 saturated heterocycles. The SMILES string of the molecule is O=C(NC1CCC12CCOCC2)c1cccc2c1OCCO2. The molecule has 1 aliphatic carbocycles. The third-order valence-corrected chi connectivity index (χ3v) is 5.27. The van der Waals surface area contributed by atoms with Gasteiger partial charge in [-0.05, 0) is 43.2 Å². The van der Waals surface area contributed by atoms with Crippen molar-refractivity contribution in [3.05, 3.63) is 23.8 Å². The summed E-state index contributed by atoms with van der Waals surface area (Å²) in [5.74, 6) is 1.18. The van der Waals surface area contributed by atoms with E-state index in [0.717, 1.165) is 32.5 Å². The zero-order valence-electron chi connectivity index (χ0n) is 12.6. The van der Waals surface area contributed by atoms with E-state index in [4.69, 9.17) is 14.2 Å². The molecule has 3 aliphatic rings. The number of carbonyl (C=O) groups is 1. The lowest BCUT2D eigenvalue weighted by molar-refractivity contribution is -0.0523. The maximum absolute atomic E-state index is 12.7. The van der Waals surface area contributed by atoms with E-state index in [0.29, 0.717) is 30.3 Å². The first-order valence-electron chi connectivity index (χ1n) is 8.06. The Labute approximate surface area is 129 Å². The molecule has 1 saturated carbocycles. The summed E-state index contributed by atoms with van der Waals surface area (Å²) in [6.45, 7) is 2.64. The number of amides is 1. The van der Waals surface area contributed by atoms with Gasteiger partial charge in [-0.3, -0.25) is 4.79 Å². The molecule has 1 aromatic carbocycles. The van der Waals surface area contributed by atoms with E-state index < -0.39 is 0 Å². The summed E-state index contributed by atoms with van der Waals surface area (Å²) in [5, 5.41) is 3.21. The van der Waals surface area contributed by atoms with Crippen molar-refractivity contribution in [1.29, 1.82) is 0 Å². The molecule has 1 atom stereocenters. The molecule has 0 radical (unpaired) electrons. The van der Waals surface area contributed by atoms with Gasteiger partial charge in [0.2, 0.25) is 0 Å². The van der Waals surface area contributed by atoms with Crippen molar-refractivity contribution in [1.82, 2.24) is 5.32 Å². The third-order valence-electron chi connectivity index (χ3n) is 5.27. The fraction of sp³-hybridized carbons (Fsp3) is 0.588. The van der Waals surface area contributed by atoms with Crippen molar-refractivity contribution in [2.24, 2.45) is 5.41 Å². The van der Waals surface area contributed by atoms with E-state index in [1.54, 1.807) is 6.07 Å². The minimum Gasteiger partial charge on any atom is -0.486 e. The van der Waals surface area contributed by atoms with Gasteiger partial charge in [-0.2, -0.15) is 0 Å². The zero-order chi connectivity index (χ0) is 15.0. The van der Waals surface area contributed by atoms with Gasteiger partial charge in [0.05, 0.1) is 5.56 Å². The molecule has 1 aromatic rings. The van der Waals surface area contributed by atoms with E-state index in [1.165, 1.54) is 6.42 Å². The average Bonchev–Trinajstić information content (AvgIpc) is 2.58. The number of ether oxygens (including phenoxy) is 3. The molecular weight excluding hydrogens is 282 g/mol. The van der Waals surface area contributed by atoms with Crippen molar-refractivity contribution in [2.45, 2.75) is 31.7 Å². The number of nitrogens with one attached hydrogen (secondary N) is 1. The van der Waals surface area contributed by atoms with E-state index >= 15 is 0 Å². The summed E-state index contributed by atoms with van der Waals surface area (Å²) in [5.41, 5.74) is 0.825. The van der Waals surface area contributed by atoms with Crippen LogP contribution in [-0.2, 0) is 4.74 Å². The van der Waals surface area contributed by atoms with Crippen LogP contribution in [-0.4, -0.2) is 38.4 Å². The van der Waals surface area contributed by atoms with E-state index in [2.05, 4.69) is 5.32 Å². The summed E-state index contributed by atoms with van der Waals surface area (Å²) in [6.07, 6.45) is 4.33. The summed E-state index contributed by atoms with van der Waals surface area (Å²) in [6, 6.07) is 5.74. The molecule has 1 amide bonds. The van der Waals surface area contributed by atoms with Crippen LogP contribution >= 0.6 is 0 Å². The highest BCUT2D eigenvalue weighted by Gasteiger charge is 2.48. The van der Waals surface area contributed by atoms with Crippen molar-refractivity contribution >= 4 is 5.91 Å². The summed E-state index contributed by atoms with van der Waals surface area (Å²) < 4.78 is 16.7. The molecule has 2 fully saturated rings. The Hall–Kier alpha value is -1.75. The molecule has 1 unspecified atom stereocenters. The van der Waals surface area contributed by atoms with Crippen LogP contribution in [0.4, 0.5) is 0 Å². The number of rotatable bonds is 2. The van der Waals surface area contributed by atoms with Crippen molar-refractivity contribution in [2.75, 3.05) is 26.4 Å². The van der Waals surface area contributed by atoms with Crippen LogP contribution in [0.15, 0.2) is 18.2 Å². The molecule has 1 N–H and O–H groups in total. The minimum absolute atomic E-state index is 0.0575. The predicted octanol–water partition coefficient (Wildman–Crippen LogP) is 2.15. The lowest BCUT2D eigenvalue weighted by atomic mass is 9.60. The number of hydrogen-bond acceptors (Lipinski definition) is 4. The van der Waals surface area contributed by atoms with Crippen LogP contribution in [0.1, 0.15) is 36.0 Å². The molecule has 2 aliphatic heterocycles. The van der Waals surface area contributed by atoms with Gasteiger partial charge in [0.25, 0.3) is 5.91 Å². The normalized spacial score (nSPS) is 25.4. The van der Waals surface area contributed by atoms with E-state index in [1.807, 2.05) is 12.1 Å². The Bertz CT molecular complexity index is 580. The Morgan fingerprint density at radius 2 is 1.91 bits per heavy atom. The number of carbonyl (C=O) groups excluding carboxylic acids is 1. The smallest absolute Gasteiger partial charge is 0.255 e. The van der Waals surface area contributed by atoms with Crippen LogP contribution in [0.25, 0.3) is 0 Å². The first-order valence-corrected chi connectivity index (χ1v) is 8.06. The molecule has 118 valence electrons. The Morgan fingerprint density at radius 1 is 1.09 bits per heavy atom. The lowest BCUT2D eigenvalue weighted by Gasteiger charge is -2.52. The van der Waals surface area contributed by atoms with Gasteiger partial charge in [-0.15, -0.1) is 0 Å². The van der Waals surface area contributed by atoms with Crippen LogP contribution in [0.3, 0.4) is 0 Å². The summed E-state index contributed by atoms with van der Waals surface area (Å²) in [4.78, 5) is 12.7. The molecule has 0 bridgehead atoms. The van der Waals surface area contributed by atoms with Crippen LogP contribution in [0.2, 0.25) is 0 Å². The van der Waals surface area contributed by atoms with Crippen molar-refractivity contribution in [3.8, 4) is 11.5 Å².